The number of nitrogens with zero attached hydrogens (tertiary/aromatic N) is 5. The fourth-order valence-electron chi connectivity index (χ4n) is 9.60. The lowest BCUT2D eigenvalue weighted by atomic mass is 10.1. The van der Waals surface area contributed by atoms with Crippen molar-refractivity contribution in [3.05, 3.63) is 297 Å². The molecule has 10 nitrogen and oxygen atoms in total. The van der Waals surface area contributed by atoms with Crippen LogP contribution in [0.5, 0.6) is 28.7 Å². The van der Waals surface area contributed by atoms with Crippen molar-refractivity contribution in [3.8, 4) is 28.7 Å². The van der Waals surface area contributed by atoms with E-state index < -0.39 is 59.5 Å². The molecular formula is C80H85F10N5O5. The molecule has 5 aromatic carbocycles. The van der Waals surface area contributed by atoms with E-state index in [2.05, 4.69) is 45.7 Å². The first-order chi connectivity index (χ1) is 48.4. The van der Waals surface area contributed by atoms with Crippen LogP contribution < -0.4 is 23.7 Å². The smallest absolute Gasteiger partial charge is 0.218 e. The Balaban J connectivity index is 0.000000197. The van der Waals surface area contributed by atoms with Crippen LogP contribution >= 0.6 is 0 Å². The van der Waals surface area contributed by atoms with Gasteiger partial charge in [0, 0.05) is 27.8 Å². The average molecular weight is 1390 g/mol. The van der Waals surface area contributed by atoms with Crippen LogP contribution in [0.15, 0.2) is 182 Å². The summed E-state index contributed by atoms with van der Waals surface area (Å²) in [6.45, 7) is 11.1. The molecule has 0 amide bonds. The van der Waals surface area contributed by atoms with E-state index in [1.54, 1.807) is 7.11 Å². The summed E-state index contributed by atoms with van der Waals surface area (Å²) in [6.07, 6.45) is 12.4. The van der Waals surface area contributed by atoms with Crippen LogP contribution in [0.3, 0.4) is 0 Å². The van der Waals surface area contributed by atoms with E-state index in [1.165, 1.54) is 73.5 Å². The quantitative estimate of drug-likeness (QED) is 0.0245. The molecular weight excluding hydrogens is 1300 g/mol. The lowest BCUT2D eigenvalue weighted by Crippen LogP contribution is -1.99. The zero-order chi connectivity index (χ0) is 71.9. The fraction of sp³-hybridized carbons (Fsp3) is 0.312. The number of rotatable bonds is 30. The van der Waals surface area contributed by atoms with E-state index in [4.69, 9.17) is 23.7 Å². The van der Waals surface area contributed by atoms with Crippen molar-refractivity contribution in [3.63, 3.8) is 0 Å². The maximum Gasteiger partial charge on any atom is 0.218 e. The molecule has 5 heterocycles. The number of hydrogen-bond donors (Lipinski definition) is 0. The van der Waals surface area contributed by atoms with Crippen LogP contribution in [0, 0.1) is 59.5 Å². The van der Waals surface area contributed by atoms with Crippen molar-refractivity contribution in [2.45, 2.75) is 130 Å². The summed E-state index contributed by atoms with van der Waals surface area (Å²) in [5, 5.41) is 0. The molecule has 5 aromatic heterocycles. The molecule has 0 unspecified atom stereocenters. The normalized spacial score (nSPS) is 10.6. The number of halogens is 10. The van der Waals surface area contributed by atoms with Gasteiger partial charge in [0.2, 0.25) is 59.5 Å². The number of aryl methyl sites for hydroxylation is 10. The number of hydrogen-bond acceptors (Lipinski definition) is 10. The monoisotopic (exact) mass is 1390 g/mol. The first kappa shape index (κ1) is 79.1. The van der Waals surface area contributed by atoms with Gasteiger partial charge < -0.3 is 23.7 Å². The molecule has 10 aromatic rings. The van der Waals surface area contributed by atoms with E-state index in [1.807, 2.05) is 128 Å². The predicted octanol–water partition coefficient (Wildman–Crippen LogP) is 19.7. The van der Waals surface area contributed by atoms with E-state index in [9.17, 15) is 43.9 Å². The topological polar surface area (TPSA) is 111 Å². The third-order valence-electron chi connectivity index (χ3n) is 15.3. The van der Waals surface area contributed by atoms with Gasteiger partial charge in [0.05, 0.1) is 33.5 Å². The second-order valence-corrected chi connectivity index (χ2v) is 22.9. The number of unbranched alkanes of at least 4 members (excludes halogenated alkanes) is 3. The minimum atomic E-state index is -0.791. The fourth-order valence-corrected chi connectivity index (χ4v) is 9.60. The van der Waals surface area contributed by atoms with Gasteiger partial charge >= 0.3 is 0 Å². The Labute approximate surface area is 579 Å². The first-order valence-corrected chi connectivity index (χ1v) is 33.5. The van der Waals surface area contributed by atoms with Crippen molar-refractivity contribution in [1.29, 1.82) is 0 Å². The Hall–Kier alpha value is -9.85. The molecule has 100 heavy (non-hydrogen) atoms. The summed E-state index contributed by atoms with van der Waals surface area (Å²) in [7, 11) is 1.61. The highest BCUT2D eigenvalue weighted by Gasteiger charge is 2.12. The van der Waals surface area contributed by atoms with E-state index >= 15 is 0 Å². The van der Waals surface area contributed by atoms with Crippen molar-refractivity contribution < 1.29 is 67.6 Å². The average Bonchev–Trinajstić information content (AvgIpc) is 0.963. The van der Waals surface area contributed by atoms with Crippen LogP contribution in [-0.4, -0.2) is 58.5 Å². The third kappa shape index (κ3) is 29.7. The van der Waals surface area contributed by atoms with Gasteiger partial charge in [-0.1, -0.05) is 101 Å². The molecule has 0 bridgehead atoms. The van der Waals surface area contributed by atoms with E-state index in [0.29, 0.717) is 105 Å². The largest absolute Gasteiger partial charge is 0.497 e. The van der Waals surface area contributed by atoms with Gasteiger partial charge in [-0.3, -0.25) is 0 Å². The second-order valence-electron chi connectivity index (χ2n) is 22.9. The number of pyridine rings is 5. The lowest BCUT2D eigenvalue weighted by Gasteiger charge is -2.07. The predicted molar refractivity (Wildman–Crippen MR) is 369 cm³/mol. The van der Waals surface area contributed by atoms with E-state index in [-0.39, 0.29) is 0 Å². The summed E-state index contributed by atoms with van der Waals surface area (Å²) in [5.41, 5.74) is 7.54. The van der Waals surface area contributed by atoms with Crippen LogP contribution in [0.1, 0.15) is 122 Å². The Bertz CT molecular complexity index is 3970. The highest BCUT2D eigenvalue weighted by atomic mass is 19.2. The van der Waals surface area contributed by atoms with Crippen molar-refractivity contribution >= 4 is 0 Å². The van der Waals surface area contributed by atoms with Crippen molar-refractivity contribution in [2.75, 3.05) is 33.5 Å². The molecule has 0 aliphatic heterocycles. The van der Waals surface area contributed by atoms with Gasteiger partial charge in [-0.25, -0.2) is 0 Å². The maximum absolute atomic E-state index is 13.4. The molecule has 0 aliphatic rings. The Morgan fingerprint density at radius 3 is 0.710 bits per heavy atom. The highest BCUT2D eigenvalue weighted by Crippen LogP contribution is 2.22. The number of ether oxygens (including phenoxy) is 5. The maximum atomic E-state index is 13.4. The molecule has 20 heteroatoms. The van der Waals surface area contributed by atoms with Gasteiger partial charge in [0.1, 0.15) is 28.7 Å². The molecule has 0 N–H and O–H groups in total. The Kier molecular flexibility index (Phi) is 35.0. The zero-order valence-electron chi connectivity index (χ0n) is 57.0. The van der Waals surface area contributed by atoms with Crippen LogP contribution in [0.4, 0.5) is 43.9 Å². The molecule has 10 rings (SSSR count). The summed E-state index contributed by atoms with van der Waals surface area (Å²) < 4.78 is 157. The first-order valence-electron chi connectivity index (χ1n) is 33.5. The lowest BCUT2D eigenvalue weighted by molar-refractivity contribution is 0.306. The summed E-state index contributed by atoms with van der Waals surface area (Å²) in [4.78, 5) is 15.9. The Morgan fingerprint density at radius 1 is 0.240 bits per heavy atom. The van der Waals surface area contributed by atoms with Crippen LogP contribution in [0.2, 0.25) is 0 Å². The number of benzene rings is 5. The minimum absolute atomic E-state index is 0.423. The van der Waals surface area contributed by atoms with Gasteiger partial charge in [0.15, 0.2) is 0 Å². The van der Waals surface area contributed by atoms with Crippen LogP contribution in [0.25, 0.3) is 0 Å². The molecule has 0 saturated heterocycles. The molecule has 0 atom stereocenters. The molecule has 0 aliphatic carbocycles. The van der Waals surface area contributed by atoms with Crippen molar-refractivity contribution in [1.82, 2.24) is 24.9 Å². The summed E-state index contributed by atoms with van der Waals surface area (Å²) in [6, 6.07) is 51.6. The van der Waals surface area contributed by atoms with Gasteiger partial charge in [0.25, 0.3) is 0 Å². The van der Waals surface area contributed by atoms with Gasteiger partial charge in [-0.2, -0.15) is 68.8 Å². The molecule has 530 valence electrons. The SMILES string of the molecule is CCCCCOc1ccc(CCc2ccc(F)nc2F)cc1.CCCCOc1ccc(CCc2ccc(F)nc2F)cc1.CCCOc1ccc(CCc2ccc(F)nc2F)cc1.CCOc1ccc(CCc2ccc(F)nc2F)cc1.COc1ccc(CCc2ccc(F)nc2F)cc1. The summed E-state index contributed by atoms with van der Waals surface area (Å²) in [5.74, 6) is -3.44. The molecule has 0 saturated carbocycles. The molecule has 0 fully saturated rings. The zero-order valence-corrected chi connectivity index (χ0v) is 57.0. The summed E-state index contributed by atoms with van der Waals surface area (Å²) >= 11 is 0. The van der Waals surface area contributed by atoms with Gasteiger partial charge in [-0.05, 0) is 240 Å². The van der Waals surface area contributed by atoms with E-state index in [0.717, 1.165) is 95.5 Å². The second kappa shape index (κ2) is 44.2. The van der Waals surface area contributed by atoms with Gasteiger partial charge in [-0.15, -0.1) is 0 Å². The molecule has 0 spiro atoms. The highest BCUT2D eigenvalue weighted by molar-refractivity contribution is 5.33. The van der Waals surface area contributed by atoms with Crippen LogP contribution in [-0.2, 0) is 64.2 Å². The number of methoxy groups -OCH3 is 1. The standard InChI is InChI=1S/C18H21F2NO.C17H19F2NO.C16H17F2NO.C15H15F2NO.C14H13F2NO/c1-2-3-4-13-22-16-10-6-14(7-11-16)5-8-15-9-12-17(19)21-18(15)20;1-2-3-12-21-15-9-5-13(6-10-15)4-7-14-8-11-16(18)20-17(14)19;1-2-11-20-14-8-4-12(5-9-14)3-6-13-7-10-15(17)19-16(13)18;1-2-19-13-8-4-11(5-9-13)3-6-12-7-10-14(16)18-15(12)17;1-18-12-7-3-10(4-8-12)2-5-11-6-9-13(15)17-14(11)16/h6-7,9-12H,2-5,8,13H2,1H3;5-6,8-11H,2-4,7,12H2,1H3;4-5,7-10H,2-3,6,11H2,1H3;4-5,7-10H,2-3,6H2,1H3;3-4,6-9H,2,5H2,1H3. The Morgan fingerprint density at radius 2 is 0.480 bits per heavy atom. The number of aromatic nitrogens is 5. The van der Waals surface area contributed by atoms with Crippen molar-refractivity contribution in [2.24, 2.45) is 0 Å². The minimum Gasteiger partial charge on any atom is -0.497 e. The molecule has 0 radical (unpaired) electrons. The third-order valence-corrected chi connectivity index (χ3v) is 15.3.